The van der Waals surface area contributed by atoms with Crippen LogP contribution in [0.2, 0.25) is 0 Å². The Bertz CT molecular complexity index is 833. The molecule has 0 aliphatic rings. The maximum Gasteiger partial charge on any atom is 0.138 e. The van der Waals surface area contributed by atoms with E-state index < -0.39 is 0 Å². The number of hydrogen-bond acceptors (Lipinski definition) is 1. The minimum absolute atomic E-state index is 0.829. The monoisotopic (exact) mass is 378 g/mol. The fraction of sp³-hybridized carbons (Fsp3) is 0.0952. The summed E-state index contributed by atoms with van der Waals surface area (Å²) in [7, 11) is 0. The van der Waals surface area contributed by atoms with Crippen molar-refractivity contribution in [3.63, 3.8) is 0 Å². The summed E-state index contributed by atoms with van der Waals surface area (Å²) in [4.78, 5) is 4.81. The topological polar surface area (TPSA) is 24.4 Å². The second-order valence-electron chi connectivity index (χ2n) is 5.79. The van der Waals surface area contributed by atoms with Gasteiger partial charge in [-0.15, -0.1) is 0 Å². The van der Waals surface area contributed by atoms with Gasteiger partial charge in [-0.25, -0.2) is 4.99 Å². The van der Waals surface area contributed by atoms with Crippen molar-refractivity contribution in [2.45, 2.75) is 13.8 Å². The molecule has 0 fully saturated rings. The van der Waals surface area contributed by atoms with E-state index in [0.717, 1.165) is 27.2 Å². The molecule has 0 aromatic heterocycles. The summed E-state index contributed by atoms with van der Waals surface area (Å²) in [5, 5.41) is 3.44. The molecule has 0 radical (unpaired) electrons. The lowest BCUT2D eigenvalue weighted by molar-refractivity contribution is 1.41. The lowest BCUT2D eigenvalue weighted by Crippen LogP contribution is -2.13. The van der Waals surface area contributed by atoms with E-state index in [1.54, 1.807) is 0 Å². The Morgan fingerprint density at radius 2 is 1.29 bits per heavy atom. The van der Waals surface area contributed by atoms with Crippen LogP contribution in [-0.2, 0) is 0 Å². The third kappa shape index (κ3) is 4.33. The van der Waals surface area contributed by atoms with Crippen LogP contribution in [0.15, 0.2) is 82.3 Å². The molecule has 0 aliphatic heterocycles. The van der Waals surface area contributed by atoms with Crippen LogP contribution in [0, 0.1) is 13.8 Å². The van der Waals surface area contributed by atoms with Crippen molar-refractivity contribution in [2.24, 2.45) is 4.99 Å². The molecule has 0 heterocycles. The van der Waals surface area contributed by atoms with Gasteiger partial charge in [-0.3, -0.25) is 0 Å². The fourth-order valence-electron chi connectivity index (χ4n) is 2.29. The Hall–Kier alpha value is -2.39. The molecule has 0 atom stereocenters. The van der Waals surface area contributed by atoms with Crippen LogP contribution in [0.4, 0.5) is 11.4 Å². The van der Waals surface area contributed by atoms with E-state index in [0.29, 0.717) is 0 Å². The molecule has 0 aliphatic carbocycles. The Labute approximate surface area is 151 Å². The summed E-state index contributed by atoms with van der Waals surface area (Å²) in [5.41, 5.74) is 5.46. The van der Waals surface area contributed by atoms with E-state index in [4.69, 9.17) is 4.99 Å². The number of aryl methyl sites for hydroxylation is 2. The maximum atomic E-state index is 4.81. The average molecular weight is 379 g/mol. The standard InChI is InChI=1S/C21H19BrN2/c1-15-3-11-19(12-4-15)23-21(17-7-9-18(22)10-8-17)24-20-13-5-16(2)6-14-20/h3-14H,1-2H3,(H,23,24). The molecular weight excluding hydrogens is 360 g/mol. The molecule has 3 aromatic rings. The normalized spacial score (nSPS) is 11.4. The van der Waals surface area contributed by atoms with Gasteiger partial charge in [0, 0.05) is 15.7 Å². The molecule has 3 aromatic carbocycles. The number of amidine groups is 1. The molecule has 0 unspecified atom stereocenters. The van der Waals surface area contributed by atoms with Crippen LogP contribution in [-0.4, -0.2) is 5.84 Å². The van der Waals surface area contributed by atoms with Crippen molar-refractivity contribution in [1.82, 2.24) is 0 Å². The summed E-state index contributed by atoms with van der Waals surface area (Å²) in [6.07, 6.45) is 0. The first-order valence-corrected chi connectivity index (χ1v) is 8.64. The second kappa shape index (κ2) is 7.45. The highest BCUT2D eigenvalue weighted by Gasteiger charge is 2.05. The van der Waals surface area contributed by atoms with Gasteiger partial charge < -0.3 is 5.32 Å². The van der Waals surface area contributed by atoms with Gasteiger partial charge in [0.2, 0.25) is 0 Å². The zero-order valence-electron chi connectivity index (χ0n) is 13.8. The first kappa shape index (κ1) is 16.5. The van der Waals surface area contributed by atoms with E-state index in [9.17, 15) is 0 Å². The molecule has 24 heavy (non-hydrogen) atoms. The average Bonchev–Trinajstić information content (AvgIpc) is 2.59. The summed E-state index contributed by atoms with van der Waals surface area (Å²) in [5.74, 6) is 0.829. The summed E-state index contributed by atoms with van der Waals surface area (Å²) >= 11 is 3.48. The molecule has 0 saturated heterocycles. The van der Waals surface area contributed by atoms with E-state index in [2.05, 4.69) is 83.6 Å². The van der Waals surface area contributed by atoms with E-state index in [1.165, 1.54) is 11.1 Å². The largest absolute Gasteiger partial charge is 0.340 e. The lowest BCUT2D eigenvalue weighted by atomic mass is 10.1. The Balaban J connectivity index is 1.97. The lowest BCUT2D eigenvalue weighted by Gasteiger charge is -2.11. The Kier molecular flexibility index (Phi) is 5.11. The van der Waals surface area contributed by atoms with E-state index >= 15 is 0 Å². The van der Waals surface area contributed by atoms with Gasteiger partial charge in [-0.2, -0.15) is 0 Å². The van der Waals surface area contributed by atoms with Crippen LogP contribution in [0.25, 0.3) is 0 Å². The van der Waals surface area contributed by atoms with Crippen molar-refractivity contribution in [3.05, 3.63) is 94.0 Å². The van der Waals surface area contributed by atoms with Gasteiger partial charge in [-0.05, 0) is 50.2 Å². The quantitative estimate of drug-likeness (QED) is 0.422. The van der Waals surface area contributed by atoms with Gasteiger partial charge in [0.15, 0.2) is 0 Å². The van der Waals surface area contributed by atoms with Crippen molar-refractivity contribution >= 4 is 33.1 Å². The molecule has 0 amide bonds. The third-order valence-corrected chi connectivity index (χ3v) is 4.24. The number of halogens is 1. The minimum atomic E-state index is 0.829. The van der Waals surface area contributed by atoms with Crippen LogP contribution in [0.3, 0.4) is 0 Å². The summed E-state index contributed by atoms with van der Waals surface area (Å²) in [6.45, 7) is 4.16. The molecular formula is C21H19BrN2. The zero-order valence-corrected chi connectivity index (χ0v) is 15.3. The molecule has 0 spiro atoms. The molecule has 0 bridgehead atoms. The Morgan fingerprint density at radius 3 is 1.88 bits per heavy atom. The number of nitrogens with zero attached hydrogens (tertiary/aromatic N) is 1. The van der Waals surface area contributed by atoms with E-state index in [-0.39, 0.29) is 0 Å². The first-order chi connectivity index (χ1) is 11.6. The minimum Gasteiger partial charge on any atom is -0.340 e. The third-order valence-electron chi connectivity index (χ3n) is 3.71. The Morgan fingerprint density at radius 1 is 0.750 bits per heavy atom. The molecule has 0 saturated carbocycles. The van der Waals surface area contributed by atoms with Gasteiger partial charge in [0.1, 0.15) is 5.84 Å². The SMILES string of the molecule is Cc1ccc(N=C(Nc2ccc(C)cc2)c2ccc(Br)cc2)cc1. The number of aliphatic imine (C=N–C) groups is 1. The predicted octanol–water partition coefficient (Wildman–Crippen LogP) is 6.26. The van der Waals surface area contributed by atoms with Crippen LogP contribution < -0.4 is 5.32 Å². The van der Waals surface area contributed by atoms with Crippen molar-refractivity contribution in [3.8, 4) is 0 Å². The van der Waals surface area contributed by atoms with Crippen molar-refractivity contribution in [1.29, 1.82) is 0 Å². The van der Waals surface area contributed by atoms with Crippen molar-refractivity contribution < 1.29 is 0 Å². The molecule has 3 heteroatoms. The van der Waals surface area contributed by atoms with Gasteiger partial charge in [0.05, 0.1) is 5.69 Å². The fourth-order valence-corrected chi connectivity index (χ4v) is 2.56. The maximum absolute atomic E-state index is 4.81. The second-order valence-corrected chi connectivity index (χ2v) is 6.71. The van der Waals surface area contributed by atoms with Gasteiger partial charge >= 0.3 is 0 Å². The molecule has 1 N–H and O–H groups in total. The molecule has 120 valence electrons. The first-order valence-electron chi connectivity index (χ1n) is 7.85. The number of nitrogens with one attached hydrogen (secondary N) is 1. The van der Waals surface area contributed by atoms with Crippen LogP contribution in [0.1, 0.15) is 16.7 Å². The zero-order chi connectivity index (χ0) is 16.9. The number of anilines is 1. The summed E-state index contributed by atoms with van der Waals surface area (Å²) in [6, 6.07) is 24.7. The molecule has 3 rings (SSSR count). The van der Waals surface area contributed by atoms with Crippen LogP contribution in [0.5, 0.6) is 0 Å². The molecule has 2 nitrogen and oxygen atoms in total. The number of rotatable bonds is 3. The highest BCUT2D eigenvalue weighted by molar-refractivity contribution is 9.10. The van der Waals surface area contributed by atoms with Crippen LogP contribution >= 0.6 is 15.9 Å². The predicted molar refractivity (Wildman–Crippen MR) is 106 cm³/mol. The highest BCUT2D eigenvalue weighted by atomic mass is 79.9. The van der Waals surface area contributed by atoms with Gasteiger partial charge in [-0.1, -0.05) is 63.5 Å². The smallest absolute Gasteiger partial charge is 0.138 e. The number of benzene rings is 3. The van der Waals surface area contributed by atoms with Gasteiger partial charge in [0.25, 0.3) is 0 Å². The van der Waals surface area contributed by atoms with E-state index in [1.807, 2.05) is 24.3 Å². The number of hydrogen-bond donors (Lipinski definition) is 1. The highest BCUT2D eigenvalue weighted by Crippen LogP contribution is 2.19. The van der Waals surface area contributed by atoms with Crippen molar-refractivity contribution in [2.75, 3.05) is 5.32 Å². The summed E-state index contributed by atoms with van der Waals surface area (Å²) < 4.78 is 1.05.